The molecule has 1 aliphatic rings. The van der Waals surface area contributed by atoms with Crippen LogP contribution in [0.25, 0.3) is 0 Å². The Morgan fingerprint density at radius 1 is 1.45 bits per heavy atom. The van der Waals surface area contributed by atoms with Crippen molar-refractivity contribution >= 4 is 10.0 Å². The molecule has 5 nitrogen and oxygen atoms in total. The summed E-state index contributed by atoms with van der Waals surface area (Å²) in [4.78, 5) is -0.0958. The predicted octanol–water partition coefficient (Wildman–Crippen LogP) is 1.08. The molecule has 2 atom stereocenters. The van der Waals surface area contributed by atoms with Crippen molar-refractivity contribution in [2.75, 3.05) is 26.8 Å². The summed E-state index contributed by atoms with van der Waals surface area (Å²) in [6, 6.07) is 3.59. The topological polar surface area (TPSA) is 66.8 Å². The quantitative estimate of drug-likeness (QED) is 0.904. The molecule has 112 valence electrons. The molecule has 1 fully saturated rings. The van der Waals surface area contributed by atoms with Crippen LogP contribution in [0, 0.1) is 17.7 Å². The molecule has 1 N–H and O–H groups in total. The van der Waals surface area contributed by atoms with Crippen LogP contribution in [0.3, 0.4) is 0 Å². The van der Waals surface area contributed by atoms with Crippen molar-refractivity contribution in [3.8, 4) is 5.75 Å². The van der Waals surface area contributed by atoms with Crippen LogP contribution >= 0.6 is 0 Å². The van der Waals surface area contributed by atoms with Gasteiger partial charge in [-0.1, -0.05) is 6.92 Å². The first-order valence-electron chi connectivity index (χ1n) is 6.34. The fraction of sp³-hybridized carbons (Fsp3) is 0.538. The largest absolute Gasteiger partial charge is 0.494 e. The van der Waals surface area contributed by atoms with Gasteiger partial charge in [0.25, 0.3) is 0 Å². The molecular formula is C13H18FNO4S. The molecule has 20 heavy (non-hydrogen) atoms. The molecule has 0 spiro atoms. The zero-order valence-corrected chi connectivity index (χ0v) is 12.2. The molecular weight excluding hydrogens is 285 g/mol. The summed E-state index contributed by atoms with van der Waals surface area (Å²) in [7, 11) is -2.42. The molecule has 1 aliphatic heterocycles. The first-order valence-corrected chi connectivity index (χ1v) is 7.78. The molecule has 1 heterocycles. The van der Waals surface area contributed by atoms with Gasteiger partial charge >= 0.3 is 0 Å². The van der Waals surface area contributed by atoms with Crippen molar-refractivity contribution in [3.63, 3.8) is 0 Å². The van der Waals surface area contributed by atoms with Crippen molar-refractivity contribution in [3.05, 3.63) is 24.0 Å². The number of sulfonamides is 1. The third-order valence-corrected chi connectivity index (χ3v) is 5.56. The van der Waals surface area contributed by atoms with Crippen LogP contribution in [0.5, 0.6) is 5.75 Å². The number of halogens is 1. The Morgan fingerprint density at radius 2 is 2.15 bits per heavy atom. The Morgan fingerprint density at radius 3 is 2.65 bits per heavy atom. The number of rotatable bonds is 4. The van der Waals surface area contributed by atoms with E-state index in [1.54, 1.807) is 0 Å². The van der Waals surface area contributed by atoms with Crippen molar-refractivity contribution in [1.29, 1.82) is 0 Å². The lowest BCUT2D eigenvalue weighted by Crippen LogP contribution is -2.29. The Balaban J connectivity index is 2.29. The maximum atomic E-state index is 13.6. The second-order valence-electron chi connectivity index (χ2n) is 5.04. The Bertz CT molecular complexity index is 590. The summed E-state index contributed by atoms with van der Waals surface area (Å²) in [6.07, 6.45) is 0. The number of hydrogen-bond acceptors (Lipinski definition) is 4. The zero-order chi connectivity index (χ0) is 14.9. The minimum Gasteiger partial charge on any atom is -0.494 e. The number of ether oxygens (including phenoxy) is 1. The molecule has 0 amide bonds. The average molecular weight is 303 g/mol. The SMILES string of the molecule is COc1ccc(S(=O)(=O)N2C[C@@H](CO)[C@H](C)C2)cc1F. The fourth-order valence-corrected chi connectivity index (χ4v) is 3.99. The van der Waals surface area contributed by atoms with Gasteiger partial charge in [-0.3, -0.25) is 0 Å². The van der Waals surface area contributed by atoms with Crippen LogP contribution < -0.4 is 4.74 Å². The van der Waals surface area contributed by atoms with Gasteiger partial charge in [0.05, 0.1) is 12.0 Å². The van der Waals surface area contributed by atoms with Crippen LogP contribution in [-0.2, 0) is 10.0 Å². The predicted molar refractivity (Wildman–Crippen MR) is 71.5 cm³/mol. The molecule has 1 aromatic rings. The highest BCUT2D eigenvalue weighted by Crippen LogP contribution is 2.29. The van der Waals surface area contributed by atoms with E-state index in [0.29, 0.717) is 6.54 Å². The Labute approximate surface area is 118 Å². The van der Waals surface area contributed by atoms with Crippen molar-refractivity contribution in [2.24, 2.45) is 11.8 Å². The van der Waals surface area contributed by atoms with Gasteiger partial charge in [0.1, 0.15) is 0 Å². The second kappa shape index (κ2) is 5.67. The van der Waals surface area contributed by atoms with Gasteiger partial charge in [-0.15, -0.1) is 0 Å². The maximum Gasteiger partial charge on any atom is 0.243 e. The van der Waals surface area contributed by atoms with Gasteiger partial charge in [0.15, 0.2) is 11.6 Å². The molecule has 0 saturated carbocycles. The van der Waals surface area contributed by atoms with Gasteiger partial charge in [-0.2, -0.15) is 4.31 Å². The van der Waals surface area contributed by atoms with E-state index in [4.69, 9.17) is 4.74 Å². The minimum absolute atomic E-state index is 0.00646. The average Bonchev–Trinajstić information content (AvgIpc) is 2.80. The van der Waals surface area contributed by atoms with Crippen molar-refractivity contribution in [2.45, 2.75) is 11.8 Å². The van der Waals surface area contributed by atoms with E-state index in [9.17, 15) is 17.9 Å². The van der Waals surface area contributed by atoms with Crippen LogP contribution in [-0.4, -0.2) is 44.6 Å². The number of nitrogens with zero attached hydrogens (tertiary/aromatic N) is 1. The molecule has 1 aromatic carbocycles. The summed E-state index contributed by atoms with van der Waals surface area (Å²) >= 11 is 0. The van der Waals surface area contributed by atoms with Crippen LogP contribution in [0.1, 0.15) is 6.92 Å². The molecule has 0 aliphatic carbocycles. The van der Waals surface area contributed by atoms with Gasteiger partial charge in [-0.25, -0.2) is 12.8 Å². The van der Waals surface area contributed by atoms with E-state index in [2.05, 4.69) is 0 Å². The first kappa shape index (κ1) is 15.2. The van der Waals surface area contributed by atoms with Gasteiger partial charge in [-0.05, 0) is 30.0 Å². The summed E-state index contributed by atoms with van der Waals surface area (Å²) in [6.45, 7) is 2.43. The summed E-state index contributed by atoms with van der Waals surface area (Å²) in [5.74, 6) is -0.697. The second-order valence-corrected chi connectivity index (χ2v) is 6.98. The van der Waals surface area contributed by atoms with Crippen LogP contribution in [0.2, 0.25) is 0 Å². The minimum atomic E-state index is -3.74. The van der Waals surface area contributed by atoms with E-state index in [1.807, 2.05) is 6.92 Å². The number of hydrogen-bond donors (Lipinski definition) is 1. The normalized spacial score (nSPS) is 24.0. The van der Waals surface area contributed by atoms with Crippen molar-refractivity contribution in [1.82, 2.24) is 4.31 Å². The third kappa shape index (κ3) is 2.65. The molecule has 0 unspecified atom stereocenters. The number of aliphatic hydroxyl groups excluding tert-OH is 1. The number of methoxy groups -OCH3 is 1. The first-order chi connectivity index (χ1) is 9.40. The highest BCUT2D eigenvalue weighted by molar-refractivity contribution is 7.89. The lowest BCUT2D eigenvalue weighted by atomic mass is 10.00. The van der Waals surface area contributed by atoms with Crippen molar-refractivity contribution < 1.29 is 22.7 Å². The van der Waals surface area contributed by atoms with Gasteiger partial charge < -0.3 is 9.84 Å². The molecule has 2 rings (SSSR count). The highest BCUT2D eigenvalue weighted by Gasteiger charge is 2.37. The Kier molecular flexibility index (Phi) is 4.31. The van der Waals surface area contributed by atoms with Crippen LogP contribution in [0.4, 0.5) is 4.39 Å². The molecule has 7 heteroatoms. The van der Waals surface area contributed by atoms with Crippen LogP contribution in [0.15, 0.2) is 23.1 Å². The lowest BCUT2D eigenvalue weighted by molar-refractivity contribution is 0.210. The maximum absolute atomic E-state index is 13.6. The lowest BCUT2D eigenvalue weighted by Gasteiger charge is -2.16. The molecule has 0 aromatic heterocycles. The summed E-state index contributed by atoms with van der Waals surface area (Å²) < 4.78 is 44.6. The van der Waals surface area contributed by atoms with E-state index in [1.165, 1.54) is 23.5 Å². The monoisotopic (exact) mass is 303 g/mol. The summed E-state index contributed by atoms with van der Waals surface area (Å²) in [5, 5.41) is 9.20. The van der Waals surface area contributed by atoms with E-state index < -0.39 is 15.8 Å². The number of aliphatic hydroxyl groups is 1. The van der Waals surface area contributed by atoms with E-state index in [0.717, 1.165) is 6.07 Å². The summed E-state index contributed by atoms with van der Waals surface area (Å²) in [5.41, 5.74) is 0. The van der Waals surface area contributed by atoms with Gasteiger partial charge in [0, 0.05) is 19.7 Å². The zero-order valence-electron chi connectivity index (χ0n) is 11.4. The fourth-order valence-electron chi connectivity index (χ4n) is 2.38. The smallest absolute Gasteiger partial charge is 0.243 e. The molecule has 0 bridgehead atoms. The highest BCUT2D eigenvalue weighted by atomic mass is 32.2. The third-order valence-electron chi connectivity index (χ3n) is 3.73. The standard InChI is InChI=1S/C13H18FNO4S/c1-9-6-15(7-10(9)8-16)20(17,18)11-3-4-13(19-2)12(14)5-11/h3-5,9-10,16H,6-8H2,1-2H3/t9-,10+/m1/s1. The Hall–Kier alpha value is -1.18. The van der Waals surface area contributed by atoms with E-state index in [-0.39, 0.29) is 35.6 Å². The van der Waals surface area contributed by atoms with Gasteiger partial charge in [0.2, 0.25) is 10.0 Å². The van der Waals surface area contributed by atoms with E-state index >= 15 is 0 Å². The molecule has 1 saturated heterocycles. The number of benzene rings is 1. The molecule has 0 radical (unpaired) electrons.